The Balaban J connectivity index is 1.84. The van der Waals surface area contributed by atoms with Gasteiger partial charge in [0, 0.05) is 6.54 Å². The molecule has 0 aromatic heterocycles. The summed E-state index contributed by atoms with van der Waals surface area (Å²) in [6.07, 6.45) is 0. The van der Waals surface area contributed by atoms with Gasteiger partial charge in [0.1, 0.15) is 12.4 Å². The van der Waals surface area contributed by atoms with E-state index in [0.29, 0.717) is 34.0 Å². The highest BCUT2D eigenvalue weighted by molar-refractivity contribution is 6.43. The Hall–Kier alpha value is -1.09. The molecule has 0 atom stereocenters. The van der Waals surface area contributed by atoms with Crippen molar-refractivity contribution in [2.45, 2.75) is 0 Å². The van der Waals surface area contributed by atoms with Crippen molar-refractivity contribution in [2.24, 2.45) is 0 Å². The molecule has 5 heteroatoms. The number of anilines is 1. The number of para-hydroxylation sites is 1. The third kappa shape index (κ3) is 3.93. The number of hydrogen-bond donors (Lipinski definition) is 1. The molecule has 0 saturated heterocycles. The van der Waals surface area contributed by atoms with E-state index >= 15 is 0 Å². The maximum absolute atomic E-state index is 6.06. The quantitative estimate of drug-likeness (QED) is 0.771. The summed E-state index contributed by atoms with van der Waals surface area (Å²) < 4.78 is 5.56. The van der Waals surface area contributed by atoms with Gasteiger partial charge < -0.3 is 10.1 Å². The molecule has 0 amide bonds. The minimum atomic E-state index is 0.479. The molecule has 0 aliphatic rings. The van der Waals surface area contributed by atoms with Crippen molar-refractivity contribution >= 4 is 40.5 Å². The maximum atomic E-state index is 6.06. The largest absolute Gasteiger partial charge is 0.490 e. The third-order valence-electron chi connectivity index (χ3n) is 2.46. The van der Waals surface area contributed by atoms with Crippen LogP contribution < -0.4 is 10.1 Å². The SMILES string of the molecule is Clc1ccccc1OCCNc1cccc(Cl)c1Cl. The van der Waals surface area contributed by atoms with Gasteiger partial charge in [-0.25, -0.2) is 0 Å². The lowest BCUT2D eigenvalue weighted by atomic mass is 10.3. The second-order valence-corrected chi connectivity index (χ2v) is 5.00. The maximum Gasteiger partial charge on any atom is 0.137 e. The van der Waals surface area contributed by atoms with E-state index in [2.05, 4.69) is 5.32 Å². The van der Waals surface area contributed by atoms with Crippen molar-refractivity contribution in [3.05, 3.63) is 57.5 Å². The van der Waals surface area contributed by atoms with E-state index in [4.69, 9.17) is 39.5 Å². The molecule has 19 heavy (non-hydrogen) atoms. The zero-order chi connectivity index (χ0) is 13.7. The van der Waals surface area contributed by atoms with Crippen LogP contribution in [0.4, 0.5) is 5.69 Å². The minimum absolute atomic E-state index is 0.479. The molecular formula is C14H12Cl3NO. The summed E-state index contributed by atoms with van der Waals surface area (Å²) in [5.41, 5.74) is 0.789. The van der Waals surface area contributed by atoms with Crippen molar-refractivity contribution in [3.8, 4) is 5.75 Å². The summed E-state index contributed by atoms with van der Waals surface area (Å²) in [5.74, 6) is 0.670. The Bertz CT molecular complexity index is 560. The van der Waals surface area contributed by atoms with Crippen LogP contribution in [0.2, 0.25) is 15.1 Å². The zero-order valence-corrected chi connectivity index (χ0v) is 12.3. The number of ether oxygens (including phenoxy) is 1. The highest BCUT2D eigenvalue weighted by Crippen LogP contribution is 2.29. The van der Waals surface area contributed by atoms with Gasteiger partial charge in [-0.15, -0.1) is 0 Å². The second-order valence-electron chi connectivity index (χ2n) is 3.81. The number of halogens is 3. The first-order valence-corrected chi connectivity index (χ1v) is 6.87. The predicted molar refractivity (Wildman–Crippen MR) is 81.9 cm³/mol. The Morgan fingerprint density at radius 1 is 0.895 bits per heavy atom. The molecule has 0 aliphatic carbocycles. The molecule has 0 heterocycles. The molecule has 100 valence electrons. The highest BCUT2D eigenvalue weighted by Gasteiger charge is 2.03. The molecule has 2 aromatic carbocycles. The first-order valence-electron chi connectivity index (χ1n) is 5.73. The van der Waals surface area contributed by atoms with Gasteiger partial charge in [-0.2, -0.15) is 0 Å². The van der Waals surface area contributed by atoms with E-state index in [1.54, 1.807) is 12.1 Å². The van der Waals surface area contributed by atoms with Crippen LogP contribution in [0.3, 0.4) is 0 Å². The Morgan fingerprint density at radius 2 is 1.63 bits per heavy atom. The van der Waals surface area contributed by atoms with E-state index in [9.17, 15) is 0 Å². The van der Waals surface area contributed by atoms with E-state index in [1.165, 1.54) is 0 Å². The molecule has 2 aromatic rings. The van der Waals surface area contributed by atoms with Crippen LogP contribution in [-0.4, -0.2) is 13.2 Å². The number of rotatable bonds is 5. The van der Waals surface area contributed by atoms with Gasteiger partial charge in [0.2, 0.25) is 0 Å². The fraction of sp³-hybridized carbons (Fsp3) is 0.143. The van der Waals surface area contributed by atoms with Crippen molar-refractivity contribution in [3.63, 3.8) is 0 Å². The minimum Gasteiger partial charge on any atom is -0.490 e. The van der Waals surface area contributed by atoms with E-state index < -0.39 is 0 Å². The lowest BCUT2D eigenvalue weighted by molar-refractivity contribution is 0.333. The molecule has 2 nitrogen and oxygen atoms in total. The van der Waals surface area contributed by atoms with Crippen LogP contribution in [0.15, 0.2) is 42.5 Å². The van der Waals surface area contributed by atoms with Gasteiger partial charge in [0.25, 0.3) is 0 Å². The molecule has 0 fully saturated rings. The van der Waals surface area contributed by atoms with Crippen LogP contribution in [0.25, 0.3) is 0 Å². The summed E-state index contributed by atoms with van der Waals surface area (Å²) in [6.45, 7) is 1.08. The Labute approximate surface area is 127 Å². The summed E-state index contributed by atoms with van der Waals surface area (Å²) >= 11 is 18.0. The lowest BCUT2D eigenvalue weighted by Crippen LogP contribution is -2.11. The van der Waals surface area contributed by atoms with Crippen molar-refractivity contribution in [1.82, 2.24) is 0 Å². The predicted octanol–water partition coefficient (Wildman–Crippen LogP) is 5.14. The van der Waals surface area contributed by atoms with Gasteiger partial charge in [-0.05, 0) is 24.3 Å². The van der Waals surface area contributed by atoms with Crippen LogP contribution in [0.1, 0.15) is 0 Å². The van der Waals surface area contributed by atoms with Gasteiger partial charge in [0.05, 0.1) is 20.8 Å². The fourth-order valence-corrected chi connectivity index (χ4v) is 2.11. The van der Waals surface area contributed by atoms with E-state index in [1.807, 2.05) is 30.3 Å². The molecule has 0 saturated carbocycles. The normalized spacial score (nSPS) is 10.3. The standard InChI is InChI=1S/C14H12Cl3NO/c15-10-4-1-2-7-13(10)19-9-8-18-12-6-3-5-11(16)14(12)17/h1-7,18H,8-9H2. The highest BCUT2D eigenvalue weighted by atomic mass is 35.5. The van der Waals surface area contributed by atoms with Crippen LogP contribution in [-0.2, 0) is 0 Å². The second kappa shape index (κ2) is 6.90. The molecule has 0 bridgehead atoms. The lowest BCUT2D eigenvalue weighted by Gasteiger charge is -2.11. The molecule has 0 radical (unpaired) electrons. The first kappa shape index (κ1) is 14.3. The van der Waals surface area contributed by atoms with Gasteiger partial charge in [0.15, 0.2) is 0 Å². The van der Waals surface area contributed by atoms with Crippen molar-refractivity contribution in [1.29, 1.82) is 0 Å². The van der Waals surface area contributed by atoms with Crippen LogP contribution in [0.5, 0.6) is 5.75 Å². The topological polar surface area (TPSA) is 21.3 Å². The van der Waals surface area contributed by atoms with E-state index in [0.717, 1.165) is 5.69 Å². The number of benzene rings is 2. The van der Waals surface area contributed by atoms with Crippen molar-refractivity contribution in [2.75, 3.05) is 18.5 Å². The molecular weight excluding hydrogens is 305 g/mol. The summed E-state index contributed by atoms with van der Waals surface area (Å²) in [5, 5.41) is 4.80. The van der Waals surface area contributed by atoms with Crippen LogP contribution >= 0.6 is 34.8 Å². The Kier molecular flexibility index (Phi) is 5.20. The molecule has 1 N–H and O–H groups in total. The van der Waals surface area contributed by atoms with Gasteiger partial charge >= 0.3 is 0 Å². The average Bonchev–Trinajstić information content (AvgIpc) is 2.41. The summed E-state index contributed by atoms with van der Waals surface area (Å²) in [6, 6.07) is 12.8. The summed E-state index contributed by atoms with van der Waals surface area (Å²) in [7, 11) is 0. The monoisotopic (exact) mass is 315 g/mol. The van der Waals surface area contributed by atoms with Gasteiger partial charge in [-0.1, -0.05) is 53.0 Å². The Morgan fingerprint density at radius 3 is 2.42 bits per heavy atom. The smallest absolute Gasteiger partial charge is 0.137 e. The molecule has 0 aliphatic heterocycles. The number of nitrogens with one attached hydrogen (secondary N) is 1. The van der Waals surface area contributed by atoms with Crippen LogP contribution in [0, 0.1) is 0 Å². The number of hydrogen-bond acceptors (Lipinski definition) is 2. The average molecular weight is 317 g/mol. The van der Waals surface area contributed by atoms with Crippen molar-refractivity contribution < 1.29 is 4.74 Å². The zero-order valence-electron chi connectivity index (χ0n) is 10.00. The fourth-order valence-electron chi connectivity index (χ4n) is 1.55. The molecule has 0 unspecified atom stereocenters. The van der Waals surface area contributed by atoms with E-state index in [-0.39, 0.29) is 0 Å². The third-order valence-corrected chi connectivity index (χ3v) is 3.59. The van der Waals surface area contributed by atoms with Gasteiger partial charge in [-0.3, -0.25) is 0 Å². The molecule has 0 spiro atoms. The summed E-state index contributed by atoms with van der Waals surface area (Å²) in [4.78, 5) is 0. The first-order chi connectivity index (χ1) is 9.18. The molecule has 2 rings (SSSR count).